The van der Waals surface area contributed by atoms with Crippen molar-refractivity contribution in [3.8, 4) is 0 Å². The first-order chi connectivity index (χ1) is 9.95. The minimum atomic E-state index is -0.971. The van der Waals surface area contributed by atoms with Crippen LogP contribution in [-0.4, -0.2) is 28.4 Å². The third kappa shape index (κ3) is 3.10. The molecule has 0 saturated carbocycles. The summed E-state index contributed by atoms with van der Waals surface area (Å²) in [6.45, 7) is 4.22. The molecular weight excluding hydrogens is 290 g/mol. The minimum Gasteiger partial charge on any atom is -0.478 e. The Hall–Kier alpha value is -1.81. The smallest absolute Gasteiger partial charge is 0.333 e. The van der Waals surface area contributed by atoms with Gasteiger partial charge >= 0.3 is 5.97 Å². The normalized spacial score (nSPS) is 19.1. The Kier molecular flexibility index (Phi) is 4.68. The monoisotopic (exact) mass is 307 g/mol. The van der Waals surface area contributed by atoms with E-state index in [0.717, 1.165) is 12.0 Å². The predicted octanol–water partition coefficient (Wildman–Crippen LogP) is 3.42. The lowest BCUT2D eigenvalue weighted by molar-refractivity contribution is -0.135. The SMILES string of the molecule is CCCN1C(=O)CC(c2ccc(Cl)cc2)C(C(=O)O)=C1C. The van der Waals surface area contributed by atoms with Gasteiger partial charge < -0.3 is 10.0 Å². The van der Waals surface area contributed by atoms with E-state index < -0.39 is 11.9 Å². The van der Waals surface area contributed by atoms with Crippen LogP contribution in [0, 0.1) is 0 Å². The maximum Gasteiger partial charge on any atom is 0.333 e. The van der Waals surface area contributed by atoms with Crippen molar-refractivity contribution >= 4 is 23.5 Å². The molecule has 0 spiro atoms. The van der Waals surface area contributed by atoms with Crippen LogP contribution in [-0.2, 0) is 9.59 Å². The molecule has 1 amide bonds. The van der Waals surface area contributed by atoms with Gasteiger partial charge in [0.25, 0.3) is 0 Å². The molecule has 1 aliphatic rings. The first-order valence-corrected chi connectivity index (χ1v) is 7.33. The summed E-state index contributed by atoms with van der Waals surface area (Å²) in [5, 5.41) is 10.1. The van der Waals surface area contributed by atoms with Crippen molar-refractivity contribution < 1.29 is 14.7 Å². The first-order valence-electron chi connectivity index (χ1n) is 6.95. The van der Waals surface area contributed by atoms with E-state index in [4.69, 9.17) is 11.6 Å². The van der Waals surface area contributed by atoms with Crippen LogP contribution in [0.15, 0.2) is 35.5 Å². The van der Waals surface area contributed by atoms with E-state index >= 15 is 0 Å². The van der Waals surface area contributed by atoms with Gasteiger partial charge in [0.05, 0.1) is 5.57 Å². The van der Waals surface area contributed by atoms with Gasteiger partial charge in [-0.3, -0.25) is 4.79 Å². The molecule has 0 radical (unpaired) electrons. The van der Waals surface area contributed by atoms with Crippen molar-refractivity contribution in [3.63, 3.8) is 0 Å². The molecule has 5 heteroatoms. The minimum absolute atomic E-state index is 0.0284. The van der Waals surface area contributed by atoms with Crippen LogP contribution in [0.3, 0.4) is 0 Å². The summed E-state index contributed by atoms with van der Waals surface area (Å²) in [6.07, 6.45) is 0.974. The molecule has 0 aliphatic carbocycles. The fourth-order valence-electron chi connectivity index (χ4n) is 2.77. The van der Waals surface area contributed by atoms with Crippen molar-refractivity contribution in [2.24, 2.45) is 0 Å². The maximum atomic E-state index is 12.3. The number of amides is 1. The molecule has 1 heterocycles. The molecule has 0 aromatic heterocycles. The van der Waals surface area contributed by atoms with Crippen molar-refractivity contribution in [2.75, 3.05) is 6.54 Å². The van der Waals surface area contributed by atoms with E-state index in [2.05, 4.69) is 0 Å². The zero-order chi connectivity index (χ0) is 15.6. The Morgan fingerprint density at radius 3 is 2.52 bits per heavy atom. The molecule has 0 bridgehead atoms. The second kappa shape index (κ2) is 6.31. The zero-order valence-electron chi connectivity index (χ0n) is 12.1. The molecule has 1 aliphatic heterocycles. The predicted molar refractivity (Wildman–Crippen MR) is 81.1 cm³/mol. The highest BCUT2D eigenvalue weighted by atomic mass is 35.5. The van der Waals surface area contributed by atoms with Crippen molar-refractivity contribution in [1.29, 1.82) is 0 Å². The van der Waals surface area contributed by atoms with Crippen molar-refractivity contribution in [3.05, 3.63) is 46.1 Å². The Bertz CT molecular complexity index is 592. The Labute approximate surface area is 129 Å². The van der Waals surface area contributed by atoms with Gasteiger partial charge in [-0.25, -0.2) is 4.79 Å². The number of halogens is 1. The molecule has 1 aromatic rings. The molecule has 2 rings (SSSR count). The molecule has 1 N–H and O–H groups in total. The molecular formula is C16H18ClNO3. The highest BCUT2D eigenvalue weighted by Gasteiger charge is 2.35. The van der Waals surface area contributed by atoms with E-state index in [9.17, 15) is 14.7 Å². The van der Waals surface area contributed by atoms with Crippen LogP contribution in [0.2, 0.25) is 5.02 Å². The number of carboxylic acids is 1. The van der Waals surface area contributed by atoms with E-state index in [-0.39, 0.29) is 12.3 Å². The fourth-order valence-corrected chi connectivity index (χ4v) is 2.90. The van der Waals surface area contributed by atoms with Crippen LogP contribution in [0.25, 0.3) is 0 Å². The Balaban J connectivity index is 2.48. The molecule has 112 valence electrons. The van der Waals surface area contributed by atoms with Gasteiger partial charge in [-0.1, -0.05) is 30.7 Å². The molecule has 0 saturated heterocycles. The topological polar surface area (TPSA) is 57.6 Å². The highest BCUT2D eigenvalue weighted by Crippen LogP contribution is 2.36. The van der Waals surface area contributed by atoms with Gasteiger partial charge in [0.15, 0.2) is 0 Å². The maximum absolute atomic E-state index is 12.3. The summed E-state index contributed by atoms with van der Waals surface area (Å²) in [7, 11) is 0. The molecule has 4 nitrogen and oxygen atoms in total. The number of allylic oxidation sites excluding steroid dienone is 1. The first kappa shape index (κ1) is 15.6. The Morgan fingerprint density at radius 2 is 2.00 bits per heavy atom. The second-order valence-corrected chi connectivity index (χ2v) is 5.59. The summed E-state index contributed by atoms with van der Waals surface area (Å²) >= 11 is 5.87. The van der Waals surface area contributed by atoms with Crippen LogP contribution < -0.4 is 0 Å². The van der Waals surface area contributed by atoms with Crippen LogP contribution in [0.1, 0.15) is 38.2 Å². The number of carbonyl (C=O) groups excluding carboxylic acids is 1. The second-order valence-electron chi connectivity index (χ2n) is 5.16. The standard InChI is InChI=1S/C16H18ClNO3/c1-3-8-18-10(2)15(16(20)21)13(9-14(18)19)11-4-6-12(17)7-5-11/h4-7,13H,3,8-9H2,1-2H3,(H,20,21). The quantitative estimate of drug-likeness (QED) is 0.927. The molecule has 1 aromatic carbocycles. The number of aliphatic carboxylic acids is 1. The van der Waals surface area contributed by atoms with Gasteiger partial charge in [0.2, 0.25) is 5.91 Å². The number of carboxylic acid groups (broad SMARTS) is 1. The lowest BCUT2D eigenvalue weighted by Crippen LogP contribution is -2.38. The lowest BCUT2D eigenvalue weighted by Gasteiger charge is -2.33. The van der Waals surface area contributed by atoms with Gasteiger partial charge in [0.1, 0.15) is 0 Å². The van der Waals surface area contributed by atoms with Crippen molar-refractivity contribution in [1.82, 2.24) is 4.90 Å². The summed E-state index contributed by atoms with van der Waals surface area (Å²) in [5.74, 6) is -1.42. The fraction of sp³-hybridized carbons (Fsp3) is 0.375. The van der Waals surface area contributed by atoms with E-state index in [0.29, 0.717) is 22.8 Å². The number of carbonyl (C=O) groups is 2. The van der Waals surface area contributed by atoms with Gasteiger partial charge in [-0.05, 0) is 31.0 Å². The summed E-state index contributed by atoms with van der Waals surface area (Å²) in [4.78, 5) is 25.5. The lowest BCUT2D eigenvalue weighted by atomic mass is 9.84. The third-order valence-corrected chi connectivity index (χ3v) is 4.02. The van der Waals surface area contributed by atoms with Crippen LogP contribution in [0.5, 0.6) is 0 Å². The van der Waals surface area contributed by atoms with Crippen LogP contribution >= 0.6 is 11.6 Å². The number of benzene rings is 1. The van der Waals surface area contributed by atoms with Gasteiger partial charge in [0, 0.05) is 29.6 Å². The average Bonchev–Trinajstić information content (AvgIpc) is 2.43. The molecule has 21 heavy (non-hydrogen) atoms. The van der Waals surface area contributed by atoms with E-state index in [1.807, 2.05) is 6.92 Å². The highest BCUT2D eigenvalue weighted by molar-refractivity contribution is 6.30. The van der Waals surface area contributed by atoms with E-state index in [1.165, 1.54) is 0 Å². The Morgan fingerprint density at radius 1 is 1.38 bits per heavy atom. The molecule has 1 atom stereocenters. The van der Waals surface area contributed by atoms with Crippen LogP contribution in [0.4, 0.5) is 0 Å². The zero-order valence-corrected chi connectivity index (χ0v) is 12.9. The van der Waals surface area contributed by atoms with Gasteiger partial charge in [-0.2, -0.15) is 0 Å². The molecule has 0 fully saturated rings. The number of hydrogen-bond donors (Lipinski definition) is 1. The average molecular weight is 308 g/mol. The molecule has 1 unspecified atom stereocenters. The third-order valence-electron chi connectivity index (χ3n) is 3.77. The summed E-state index contributed by atoms with van der Waals surface area (Å²) in [5.41, 5.74) is 1.64. The van der Waals surface area contributed by atoms with Gasteiger partial charge in [-0.15, -0.1) is 0 Å². The number of nitrogens with zero attached hydrogens (tertiary/aromatic N) is 1. The largest absolute Gasteiger partial charge is 0.478 e. The van der Waals surface area contributed by atoms with E-state index in [1.54, 1.807) is 36.1 Å². The number of hydrogen-bond acceptors (Lipinski definition) is 2. The van der Waals surface area contributed by atoms with Crippen molar-refractivity contribution in [2.45, 2.75) is 32.6 Å². The number of rotatable bonds is 4. The summed E-state index contributed by atoms with van der Waals surface area (Å²) in [6, 6.07) is 7.00. The summed E-state index contributed by atoms with van der Waals surface area (Å²) < 4.78 is 0.